The van der Waals surface area contributed by atoms with Gasteiger partial charge in [0.05, 0.1) is 11.3 Å². The number of carbonyl (C=O) groups excluding carboxylic acids is 1. The minimum Gasteiger partial charge on any atom is -0.478 e. The second-order valence-electron chi connectivity index (χ2n) is 5.08. The zero-order valence-electron chi connectivity index (χ0n) is 11.7. The summed E-state index contributed by atoms with van der Waals surface area (Å²) in [6, 6.07) is 3.28. The zero-order valence-corrected chi connectivity index (χ0v) is 11.7. The van der Waals surface area contributed by atoms with Crippen molar-refractivity contribution in [3.05, 3.63) is 29.6 Å². The Morgan fingerprint density at radius 2 is 2.24 bits per heavy atom. The van der Waals surface area contributed by atoms with E-state index in [9.17, 15) is 14.0 Å². The minimum absolute atomic E-state index is 0.260. The summed E-state index contributed by atoms with van der Waals surface area (Å²) in [5, 5.41) is 13.9. The van der Waals surface area contributed by atoms with Crippen LogP contribution in [0.1, 0.15) is 23.2 Å². The monoisotopic (exact) mass is 295 g/mol. The molecule has 0 bridgehead atoms. The van der Waals surface area contributed by atoms with Gasteiger partial charge in [-0.2, -0.15) is 0 Å². The summed E-state index contributed by atoms with van der Waals surface area (Å²) < 4.78 is 13.7. The number of carbonyl (C=O) groups is 2. The summed E-state index contributed by atoms with van der Waals surface area (Å²) in [6.07, 6.45) is 2.08. The van der Waals surface area contributed by atoms with Crippen molar-refractivity contribution in [3.8, 4) is 0 Å². The first-order chi connectivity index (χ1) is 9.99. The van der Waals surface area contributed by atoms with Gasteiger partial charge in [-0.1, -0.05) is 6.07 Å². The second kappa shape index (κ2) is 6.53. The van der Waals surface area contributed by atoms with Crippen molar-refractivity contribution in [2.24, 2.45) is 0 Å². The summed E-state index contributed by atoms with van der Waals surface area (Å²) in [5.41, 5.74) is -0.592. The number of halogens is 1. The number of hydrogen-bond acceptors (Lipinski definition) is 3. The van der Waals surface area contributed by atoms with E-state index in [1.54, 1.807) is 0 Å². The van der Waals surface area contributed by atoms with Crippen LogP contribution in [-0.4, -0.2) is 48.2 Å². The lowest BCUT2D eigenvalue weighted by molar-refractivity contribution is 0.0697. The molecule has 114 valence electrons. The molecule has 3 N–H and O–H groups in total. The van der Waals surface area contributed by atoms with Crippen molar-refractivity contribution < 1.29 is 19.1 Å². The van der Waals surface area contributed by atoms with E-state index in [2.05, 4.69) is 15.5 Å². The highest BCUT2D eigenvalue weighted by molar-refractivity contribution is 6.00. The van der Waals surface area contributed by atoms with Crippen LogP contribution in [0.2, 0.25) is 0 Å². The molecule has 7 heteroatoms. The molecule has 1 heterocycles. The van der Waals surface area contributed by atoms with Gasteiger partial charge in [0.2, 0.25) is 0 Å². The van der Waals surface area contributed by atoms with Gasteiger partial charge in [-0.15, -0.1) is 0 Å². The molecule has 0 radical (unpaired) electrons. The van der Waals surface area contributed by atoms with Crippen LogP contribution in [0.3, 0.4) is 0 Å². The minimum atomic E-state index is -1.29. The fraction of sp³-hybridized carbons (Fsp3) is 0.429. The van der Waals surface area contributed by atoms with E-state index in [4.69, 9.17) is 5.11 Å². The first-order valence-electron chi connectivity index (χ1n) is 6.76. The fourth-order valence-electron chi connectivity index (χ4n) is 2.43. The Labute approximate surface area is 121 Å². The van der Waals surface area contributed by atoms with Crippen LogP contribution in [0.5, 0.6) is 0 Å². The molecule has 1 aromatic rings. The Kier molecular flexibility index (Phi) is 4.74. The lowest BCUT2D eigenvalue weighted by Gasteiger charge is -2.20. The normalized spacial score (nSPS) is 18.5. The third-order valence-corrected chi connectivity index (χ3v) is 3.65. The number of carboxylic acid groups (broad SMARTS) is 1. The molecule has 1 saturated heterocycles. The third kappa shape index (κ3) is 3.69. The van der Waals surface area contributed by atoms with E-state index in [-0.39, 0.29) is 17.3 Å². The Morgan fingerprint density at radius 3 is 2.86 bits per heavy atom. The molecule has 0 aliphatic carbocycles. The van der Waals surface area contributed by atoms with Crippen LogP contribution in [-0.2, 0) is 0 Å². The topological polar surface area (TPSA) is 81.7 Å². The first kappa shape index (κ1) is 15.2. The number of hydrogen-bond donors (Lipinski definition) is 3. The Balaban J connectivity index is 1.98. The number of amides is 2. The van der Waals surface area contributed by atoms with E-state index >= 15 is 0 Å². The summed E-state index contributed by atoms with van der Waals surface area (Å²) in [7, 11) is 1.98. The van der Waals surface area contributed by atoms with E-state index in [1.165, 1.54) is 12.1 Å². The molecule has 1 aliphatic rings. The smallest absolute Gasteiger partial charge is 0.337 e. The van der Waals surface area contributed by atoms with Crippen LogP contribution in [0.4, 0.5) is 14.9 Å². The predicted molar refractivity (Wildman–Crippen MR) is 76.0 cm³/mol. The van der Waals surface area contributed by atoms with E-state index < -0.39 is 17.8 Å². The van der Waals surface area contributed by atoms with Crippen molar-refractivity contribution in [2.45, 2.75) is 18.9 Å². The van der Waals surface area contributed by atoms with Gasteiger partial charge in [-0.25, -0.2) is 14.0 Å². The van der Waals surface area contributed by atoms with Crippen LogP contribution in [0.15, 0.2) is 18.2 Å². The maximum Gasteiger partial charge on any atom is 0.337 e. The molecule has 0 aromatic heterocycles. The summed E-state index contributed by atoms with van der Waals surface area (Å²) in [4.78, 5) is 25.0. The molecule has 0 spiro atoms. The summed E-state index contributed by atoms with van der Waals surface area (Å²) in [6.45, 7) is 1.43. The number of nitrogens with one attached hydrogen (secondary N) is 2. The summed E-state index contributed by atoms with van der Waals surface area (Å²) in [5.74, 6) is -2.07. The standard InChI is InChI=1S/C14H18FN3O3/c1-18-7-3-4-9(18)8-16-14(21)17-12-10(13(19)20)5-2-6-11(12)15/h2,5-6,9H,3-4,7-8H2,1H3,(H,19,20)(H2,16,17,21). The summed E-state index contributed by atoms with van der Waals surface area (Å²) >= 11 is 0. The number of aromatic carboxylic acids is 1. The van der Waals surface area contributed by atoms with E-state index in [0.29, 0.717) is 6.54 Å². The zero-order chi connectivity index (χ0) is 15.4. The number of likely N-dealkylation sites (N-methyl/N-ethyl adjacent to an activating group) is 1. The molecule has 1 unspecified atom stereocenters. The van der Waals surface area contributed by atoms with Gasteiger partial charge in [0, 0.05) is 12.6 Å². The molecule has 1 fully saturated rings. The maximum absolute atomic E-state index is 13.7. The van der Waals surface area contributed by atoms with E-state index in [0.717, 1.165) is 25.5 Å². The van der Waals surface area contributed by atoms with E-state index in [1.807, 2.05) is 7.05 Å². The maximum atomic E-state index is 13.7. The molecule has 6 nitrogen and oxygen atoms in total. The van der Waals surface area contributed by atoms with Gasteiger partial charge in [-0.05, 0) is 38.6 Å². The average Bonchev–Trinajstić information content (AvgIpc) is 2.84. The van der Waals surface area contributed by atoms with Gasteiger partial charge >= 0.3 is 12.0 Å². The van der Waals surface area contributed by atoms with Crippen LogP contribution >= 0.6 is 0 Å². The number of benzene rings is 1. The first-order valence-corrected chi connectivity index (χ1v) is 6.76. The SMILES string of the molecule is CN1CCCC1CNC(=O)Nc1c(F)cccc1C(=O)O. The lowest BCUT2D eigenvalue weighted by atomic mass is 10.1. The molecule has 1 aromatic carbocycles. The number of para-hydroxylation sites is 1. The molecule has 2 amide bonds. The van der Waals surface area contributed by atoms with Gasteiger partial charge in [0.15, 0.2) is 0 Å². The van der Waals surface area contributed by atoms with Crippen LogP contribution < -0.4 is 10.6 Å². The highest BCUT2D eigenvalue weighted by Gasteiger charge is 2.22. The lowest BCUT2D eigenvalue weighted by Crippen LogP contribution is -2.40. The van der Waals surface area contributed by atoms with Crippen molar-refractivity contribution in [3.63, 3.8) is 0 Å². The molecule has 1 aliphatic heterocycles. The molecular formula is C14H18FN3O3. The predicted octanol–water partition coefficient (Wildman–Crippen LogP) is 1.74. The van der Waals surface area contributed by atoms with Crippen molar-refractivity contribution in [1.29, 1.82) is 0 Å². The highest BCUT2D eigenvalue weighted by atomic mass is 19.1. The van der Waals surface area contributed by atoms with Gasteiger partial charge in [-0.3, -0.25) is 0 Å². The van der Waals surface area contributed by atoms with Crippen LogP contribution in [0.25, 0.3) is 0 Å². The van der Waals surface area contributed by atoms with Crippen molar-refractivity contribution in [2.75, 3.05) is 25.5 Å². The van der Waals surface area contributed by atoms with Crippen molar-refractivity contribution in [1.82, 2.24) is 10.2 Å². The number of carboxylic acids is 1. The molecule has 2 rings (SSSR count). The molecule has 1 atom stereocenters. The Bertz CT molecular complexity index is 550. The Morgan fingerprint density at radius 1 is 1.48 bits per heavy atom. The highest BCUT2D eigenvalue weighted by Crippen LogP contribution is 2.20. The second-order valence-corrected chi connectivity index (χ2v) is 5.08. The molecule has 21 heavy (non-hydrogen) atoms. The number of urea groups is 1. The fourth-order valence-corrected chi connectivity index (χ4v) is 2.43. The van der Waals surface area contributed by atoms with Crippen molar-refractivity contribution >= 4 is 17.7 Å². The number of anilines is 1. The Hall–Kier alpha value is -2.15. The van der Waals surface area contributed by atoms with Gasteiger partial charge in [0.25, 0.3) is 0 Å². The largest absolute Gasteiger partial charge is 0.478 e. The third-order valence-electron chi connectivity index (χ3n) is 3.65. The number of likely N-dealkylation sites (tertiary alicyclic amines) is 1. The number of nitrogens with zero attached hydrogens (tertiary/aromatic N) is 1. The average molecular weight is 295 g/mol. The van der Waals surface area contributed by atoms with Crippen LogP contribution in [0, 0.1) is 5.82 Å². The number of rotatable bonds is 4. The van der Waals surface area contributed by atoms with Gasteiger partial charge in [0.1, 0.15) is 5.82 Å². The molecule has 0 saturated carbocycles. The quantitative estimate of drug-likeness (QED) is 0.790. The van der Waals surface area contributed by atoms with Gasteiger partial charge < -0.3 is 20.6 Å². The molecular weight excluding hydrogens is 277 g/mol.